The van der Waals surface area contributed by atoms with Crippen LogP contribution < -0.4 is 5.73 Å². The highest BCUT2D eigenvalue weighted by Gasteiger charge is 2.29. The summed E-state index contributed by atoms with van der Waals surface area (Å²) in [5, 5.41) is 0. The lowest BCUT2D eigenvalue weighted by atomic mass is 9.89. The van der Waals surface area contributed by atoms with Crippen LogP contribution in [0.1, 0.15) is 27.2 Å². The van der Waals surface area contributed by atoms with Crippen molar-refractivity contribution in [3.63, 3.8) is 0 Å². The maximum absolute atomic E-state index is 11.6. The molecule has 1 fully saturated rings. The zero-order valence-electron chi connectivity index (χ0n) is 8.85. The van der Waals surface area contributed by atoms with E-state index in [1.54, 1.807) is 4.90 Å². The average Bonchev–Trinajstić information content (AvgIpc) is 2.30. The molecule has 1 saturated heterocycles. The minimum Gasteiger partial charge on any atom is -0.401 e. The van der Waals surface area contributed by atoms with Gasteiger partial charge < -0.3 is 10.6 Å². The monoisotopic (exact) mass is 182 g/mol. The Bertz CT molecular complexity index is 261. The van der Waals surface area contributed by atoms with Gasteiger partial charge in [-0.25, -0.2) is 0 Å². The van der Waals surface area contributed by atoms with Gasteiger partial charge in [-0.3, -0.25) is 4.79 Å². The van der Waals surface area contributed by atoms with E-state index in [1.807, 2.05) is 27.8 Å². The maximum Gasteiger partial charge on any atom is 0.251 e. The van der Waals surface area contributed by atoms with E-state index in [-0.39, 0.29) is 11.3 Å². The van der Waals surface area contributed by atoms with Crippen molar-refractivity contribution in [2.75, 3.05) is 13.6 Å². The van der Waals surface area contributed by atoms with Gasteiger partial charge in [0, 0.05) is 30.3 Å². The number of carbonyl (C=O) groups excluding carboxylic acids is 1. The number of likely N-dealkylation sites (tertiary alicyclic amines) is 1. The van der Waals surface area contributed by atoms with Gasteiger partial charge in [0.15, 0.2) is 0 Å². The standard InChI is InChI=1S/C10H18N2O/c1-10(2,3)8(11)7-5-6-12(4)9(7)13/h5-6,11H2,1-4H3/b8-7+. The molecule has 0 bridgehead atoms. The topological polar surface area (TPSA) is 46.3 Å². The van der Waals surface area contributed by atoms with Crippen LogP contribution in [-0.2, 0) is 4.79 Å². The molecule has 0 unspecified atom stereocenters. The summed E-state index contributed by atoms with van der Waals surface area (Å²) in [5.74, 6) is 0.0902. The second-order valence-corrected chi connectivity index (χ2v) is 4.62. The van der Waals surface area contributed by atoms with E-state index in [4.69, 9.17) is 5.73 Å². The highest BCUT2D eigenvalue weighted by Crippen LogP contribution is 2.28. The predicted octanol–water partition coefficient (Wildman–Crippen LogP) is 1.11. The van der Waals surface area contributed by atoms with E-state index >= 15 is 0 Å². The Morgan fingerprint density at radius 2 is 2.00 bits per heavy atom. The van der Waals surface area contributed by atoms with Crippen LogP contribution in [-0.4, -0.2) is 24.4 Å². The number of hydrogen-bond donors (Lipinski definition) is 1. The van der Waals surface area contributed by atoms with Crippen LogP contribution >= 0.6 is 0 Å². The predicted molar refractivity (Wildman–Crippen MR) is 52.9 cm³/mol. The van der Waals surface area contributed by atoms with Gasteiger partial charge in [0.1, 0.15) is 0 Å². The molecule has 0 aromatic carbocycles. The lowest BCUT2D eigenvalue weighted by molar-refractivity contribution is -0.123. The summed E-state index contributed by atoms with van der Waals surface area (Å²) in [7, 11) is 1.81. The smallest absolute Gasteiger partial charge is 0.251 e. The minimum atomic E-state index is -0.101. The van der Waals surface area contributed by atoms with Crippen LogP contribution in [0.15, 0.2) is 11.3 Å². The van der Waals surface area contributed by atoms with Crippen LogP contribution in [0.4, 0.5) is 0 Å². The summed E-state index contributed by atoms with van der Waals surface area (Å²) in [6.45, 7) is 6.88. The molecule has 3 nitrogen and oxygen atoms in total. The second kappa shape index (κ2) is 3.05. The quantitative estimate of drug-likeness (QED) is 0.570. The third-order valence-electron chi connectivity index (χ3n) is 2.44. The Kier molecular flexibility index (Phi) is 2.37. The molecule has 1 rings (SSSR count). The van der Waals surface area contributed by atoms with Crippen LogP contribution in [0, 0.1) is 5.41 Å². The van der Waals surface area contributed by atoms with Crippen LogP contribution in [0.5, 0.6) is 0 Å². The van der Waals surface area contributed by atoms with Crippen molar-refractivity contribution >= 4 is 5.91 Å². The fourth-order valence-corrected chi connectivity index (χ4v) is 1.42. The van der Waals surface area contributed by atoms with Crippen molar-refractivity contribution in [1.82, 2.24) is 4.90 Å². The van der Waals surface area contributed by atoms with Crippen molar-refractivity contribution in [3.8, 4) is 0 Å². The third-order valence-corrected chi connectivity index (χ3v) is 2.44. The Balaban J connectivity index is 3.00. The number of carbonyl (C=O) groups is 1. The Morgan fingerprint density at radius 3 is 2.31 bits per heavy atom. The Labute approximate surface area is 79.6 Å². The maximum atomic E-state index is 11.6. The second-order valence-electron chi connectivity index (χ2n) is 4.62. The molecule has 0 spiro atoms. The number of likely N-dealkylation sites (N-methyl/N-ethyl adjacent to an activating group) is 1. The molecule has 0 aliphatic carbocycles. The van der Waals surface area contributed by atoms with Crippen molar-refractivity contribution < 1.29 is 4.79 Å². The fraction of sp³-hybridized carbons (Fsp3) is 0.700. The van der Waals surface area contributed by atoms with Gasteiger partial charge in [-0.15, -0.1) is 0 Å². The normalized spacial score (nSPS) is 22.5. The number of allylic oxidation sites excluding steroid dienone is 1. The van der Waals surface area contributed by atoms with E-state index < -0.39 is 0 Å². The highest BCUT2D eigenvalue weighted by atomic mass is 16.2. The molecular formula is C10H18N2O. The minimum absolute atomic E-state index is 0.0902. The van der Waals surface area contributed by atoms with Gasteiger partial charge in [-0.05, 0) is 6.42 Å². The van der Waals surface area contributed by atoms with Crippen molar-refractivity contribution in [2.45, 2.75) is 27.2 Å². The van der Waals surface area contributed by atoms with Gasteiger partial charge in [-0.2, -0.15) is 0 Å². The SMILES string of the molecule is CN1CC/C(=C(\N)C(C)(C)C)C1=O. The first-order valence-electron chi connectivity index (χ1n) is 4.58. The zero-order valence-corrected chi connectivity index (χ0v) is 8.85. The molecule has 0 radical (unpaired) electrons. The van der Waals surface area contributed by atoms with Gasteiger partial charge in [0.25, 0.3) is 5.91 Å². The van der Waals surface area contributed by atoms with Gasteiger partial charge >= 0.3 is 0 Å². The molecule has 0 atom stereocenters. The molecule has 1 amide bonds. The molecule has 3 heteroatoms. The zero-order chi connectivity index (χ0) is 10.2. The molecule has 2 N–H and O–H groups in total. The van der Waals surface area contributed by atoms with Crippen molar-refractivity contribution in [2.24, 2.45) is 11.1 Å². The van der Waals surface area contributed by atoms with Gasteiger partial charge in [0.2, 0.25) is 0 Å². The largest absolute Gasteiger partial charge is 0.401 e. The summed E-state index contributed by atoms with van der Waals surface area (Å²) in [6, 6.07) is 0. The Morgan fingerprint density at radius 1 is 1.46 bits per heavy atom. The van der Waals surface area contributed by atoms with E-state index in [1.165, 1.54) is 0 Å². The van der Waals surface area contributed by atoms with Gasteiger partial charge in [0.05, 0.1) is 0 Å². The van der Waals surface area contributed by atoms with Crippen LogP contribution in [0.3, 0.4) is 0 Å². The molecule has 1 aliphatic rings. The first-order valence-corrected chi connectivity index (χ1v) is 4.58. The number of nitrogens with zero attached hydrogens (tertiary/aromatic N) is 1. The lowest BCUT2D eigenvalue weighted by Crippen LogP contribution is -2.24. The van der Waals surface area contributed by atoms with E-state index in [0.29, 0.717) is 0 Å². The number of nitrogens with two attached hydrogens (primary N) is 1. The van der Waals surface area contributed by atoms with Crippen molar-refractivity contribution in [3.05, 3.63) is 11.3 Å². The number of hydrogen-bond acceptors (Lipinski definition) is 2. The average molecular weight is 182 g/mol. The summed E-state index contributed by atoms with van der Waals surface area (Å²) in [5.41, 5.74) is 7.38. The molecule has 1 heterocycles. The Hall–Kier alpha value is -0.990. The summed E-state index contributed by atoms with van der Waals surface area (Å²) < 4.78 is 0. The molecule has 0 aromatic heterocycles. The van der Waals surface area contributed by atoms with Gasteiger partial charge in [-0.1, -0.05) is 20.8 Å². The molecule has 13 heavy (non-hydrogen) atoms. The molecule has 74 valence electrons. The lowest BCUT2D eigenvalue weighted by Gasteiger charge is -2.21. The van der Waals surface area contributed by atoms with Crippen LogP contribution in [0.25, 0.3) is 0 Å². The third kappa shape index (κ3) is 1.85. The van der Waals surface area contributed by atoms with Crippen molar-refractivity contribution in [1.29, 1.82) is 0 Å². The molecular weight excluding hydrogens is 164 g/mol. The van der Waals surface area contributed by atoms with E-state index in [0.717, 1.165) is 24.2 Å². The first-order chi connectivity index (χ1) is 5.84. The fourth-order valence-electron chi connectivity index (χ4n) is 1.42. The van der Waals surface area contributed by atoms with E-state index in [9.17, 15) is 4.79 Å². The van der Waals surface area contributed by atoms with Crippen LogP contribution in [0.2, 0.25) is 0 Å². The number of amides is 1. The summed E-state index contributed by atoms with van der Waals surface area (Å²) in [4.78, 5) is 13.3. The molecule has 0 aromatic rings. The number of rotatable bonds is 0. The molecule has 0 saturated carbocycles. The first kappa shape index (κ1) is 10.1. The highest BCUT2D eigenvalue weighted by molar-refractivity contribution is 5.96. The summed E-state index contributed by atoms with van der Waals surface area (Å²) >= 11 is 0. The molecule has 1 aliphatic heterocycles. The van der Waals surface area contributed by atoms with E-state index in [2.05, 4.69) is 0 Å². The summed E-state index contributed by atoms with van der Waals surface area (Å²) in [6.07, 6.45) is 0.790.